The third kappa shape index (κ3) is 3.34. The molecule has 2 aromatic rings. The van der Waals surface area contributed by atoms with Crippen LogP contribution in [0.1, 0.15) is 30.3 Å². The number of aromatic nitrogens is 2. The predicted molar refractivity (Wildman–Crippen MR) is 95.4 cm³/mol. The molecule has 0 amide bonds. The SMILES string of the molecule is O=CC(c1ncc(O)cn1)N1C[C@@H]2CC(O)(Cc3ccccc3)C[C@@H]2C1. The smallest absolute Gasteiger partial charge is 0.152 e. The number of benzene rings is 1. The molecule has 2 aliphatic rings. The fourth-order valence-corrected chi connectivity index (χ4v) is 4.64. The van der Waals surface area contributed by atoms with E-state index in [0.717, 1.165) is 37.8 Å². The summed E-state index contributed by atoms with van der Waals surface area (Å²) in [6.07, 6.45) is 5.68. The van der Waals surface area contributed by atoms with Gasteiger partial charge in [0.25, 0.3) is 0 Å². The number of nitrogens with zero attached hydrogens (tertiary/aromatic N) is 3. The first-order valence-electron chi connectivity index (χ1n) is 9.03. The van der Waals surface area contributed by atoms with Gasteiger partial charge in [-0.05, 0) is 30.2 Å². The maximum Gasteiger partial charge on any atom is 0.152 e. The average molecular weight is 353 g/mol. The van der Waals surface area contributed by atoms with Gasteiger partial charge in [0.2, 0.25) is 0 Å². The minimum absolute atomic E-state index is 0.0114. The fourth-order valence-electron chi connectivity index (χ4n) is 4.64. The quantitative estimate of drug-likeness (QED) is 0.796. The Morgan fingerprint density at radius 1 is 1.15 bits per heavy atom. The summed E-state index contributed by atoms with van der Waals surface area (Å²) in [5.41, 5.74) is 0.504. The topological polar surface area (TPSA) is 86.5 Å². The molecule has 1 aliphatic carbocycles. The lowest BCUT2D eigenvalue weighted by atomic mass is 9.91. The second kappa shape index (κ2) is 6.78. The Kier molecular flexibility index (Phi) is 4.46. The van der Waals surface area contributed by atoms with Crippen LogP contribution in [0.3, 0.4) is 0 Å². The van der Waals surface area contributed by atoms with Crippen LogP contribution in [0.25, 0.3) is 0 Å². The summed E-state index contributed by atoms with van der Waals surface area (Å²) in [7, 11) is 0. The van der Waals surface area contributed by atoms with E-state index in [-0.39, 0.29) is 5.75 Å². The summed E-state index contributed by atoms with van der Waals surface area (Å²) in [6.45, 7) is 1.52. The standard InChI is InChI=1S/C20H23N3O3/c24-13-18(19-21-9-17(25)10-22-19)23-11-15-7-20(26,8-16(15)12-23)6-14-4-2-1-3-5-14/h1-5,9-10,13,15-16,18,25-26H,6-8,11-12H2/t15-,16+,18?,20?. The van der Waals surface area contributed by atoms with E-state index in [4.69, 9.17) is 0 Å². The molecule has 6 nitrogen and oxygen atoms in total. The van der Waals surface area contributed by atoms with Crippen molar-refractivity contribution in [3.8, 4) is 5.75 Å². The number of carbonyl (C=O) groups is 1. The fraction of sp³-hybridized carbons (Fsp3) is 0.450. The van der Waals surface area contributed by atoms with E-state index in [0.29, 0.717) is 24.1 Å². The first-order valence-corrected chi connectivity index (χ1v) is 9.03. The summed E-state index contributed by atoms with van der Waals surface area (Å²) < 4.78 is 0. The van der Waals surface area contributed by atoms with E-state index in [9.17, 15) is 15.0 Å². The van der Waals surface area contributed by atoms with Gasteiger partial charge in [-0.3, -0.25) is 4.90 Å². The van der Waals surface area contributed by atoms with E-state index in [2.05, 4.69) is 27.0 Å². The van der Waals surface area contributed by atoms with E-state index in [1.807, 2.05) is 18.2 Å². The van der Waals surface area contributed by atoms with Gasteiger partial charge in [0.05, 0.1) is 18.0 Å². The van der Waals surface area contributed by atoms with Gasteiger partial charge in [0.1, 0.15) is 12.3 Å². The highest BCUT2D eigenvalue weighted by Gasteiger charge is 2.49. The molecule has 1 saturated heterocycles. The van der Waals surface area contributed by atoms with Gasteiger partial charge in [-0.2, -0.15) is 0 Å². The van der Waals surface area contributed by atoms with E-state index >= 15 is 0 Å². The molecule has 4 rings (SSSR count). The lowest BCUT2D eigenvalue weighted by molar-refractivity contribution is -0.112. The molecule has 1 aromatic carbocycles. The molecule has 0 spiro atoms. The van der Waals surface area contributed by atoms with Gasteiger partial charge in [0.15, 0.2) is 11.6 Å². The third-order valence-electron chi connectivity index (χ3n) is 5.71. The molecule has 0 bridgehead atoms. The van der Waals surface area contributed by atoms with Crippen molar-refractivity contribution in [3.05, 3.63) is 54.1 Å². The largest absolute Gasteiger partial charge is 0.505 e. The Balaban J connectivity index is 1.42. The number of aliphatic hydroxyl groups is 1. The normalized spacial score (nSPS) is 29.4. The molecule has 136 valence electrons. The van der Waals surface area contributed by atoms with Crippen LogP contribution in [0.2, 0.25) is 0 Å². The zero-order valence-corrected chi connectivity index (χ0v) is 14.5. The van der Waals surface area contributed by atoms with Gasteiger partial charge in [-0.1, -0.05) is 30.3 Å². The van der Waals surface area contributed by atoms with Gasteiger partial charge in [-0.15, -0.1) is 0 Å². The molecule has 2 unspecified atom stereocenters. The van der Waals surface area contributed by atoms with Crippen molar-refractivity contribution in [2.45, 2.75) is 30.9 Å². The highest BCUT2D eigenvalue weighted by atomic mass is 16.3. The molecule has 4 atom stereocenters. The van der Waals surface area contributed by atoms with Crippen LogP contribution in [-0.2, 0) is 11.2 Å². The third-order valence-corrected chi connectivity index (χ3v) is 5.71. The van der Waals surface area contributed by atoms with Crippen molar-refractivity contribution in [3.63, 3.8) is 0 Å². The molecular weight excluding hydrogens is 330 g/mol. The number of aldehydes is 1. The molecule has 2 fully saturated rings. The number of fused-ring (bicyclic) bond motifs is 1. The second-order valence-corrected chi connectivity index (χ2v) is 7.65. The molecule has 2 N–H and O–H groups in total. The Labute approximate surface area is 152 Å². The zero-order valence-electron chi connectivity index (χ0n) is 14.5. The van der Waals surface area contributed by atoms with Crippen LogP contribution >= 0.6 is 0 Å². The molecule has 0 radical (unpaired) electrons. The highest BCUT2D eigenvalue weighted by molar-refractivity contribution is 5.59. The number of rotatable bonds is 5. The van der Waals surface area contributed by atoms with Crippen molar-refractivity contribution in [1.82, 2.24) is 14.9 Å². The molecule has 2 heterocycles. The minimum atomic E-state index is -0.658. The number of likely N-dealkylation sites (tertiary alicyclic amines) is 1. The molecule has 1 aromatic heterocycles. The van der Waals surface area contributed by atoms with E-state index < -0.39 is 11.6 Å². The van der Waals surface area contributed by atoms with Crippen LogP contribution in [0.4, 0.5) is 0 Å². The van der Waals surface area contributed by atoms with Crippen molar-refractivity contribution in [2.24, 2.45) is 11.8 Å². The number of hydrogen-bond acceptors (Lipinski definition) is 6. The summed E-state index contributed by atoms with van der Waals surface area (Å²) in [5.74, 6) is 1.16. The highest BCUT2D eigenvalue weighted by Crippen LogP contribution is 2.46. The first-order chi connectivity index (χ1) is 12.6. The Hall–Kier alpha value is -2.31. The summed E-state index contributed by atoms with van der Waals surface area (Å²) >= 11 is 0. The predicted octanol–water partition coefficient (Wildman–Crippen LogP) is 1.74. The average Bonchev–Trinajstić information content (AvgIpc) is 3.12. The number of carbonyl (C=O) groups excluding carboxylic acids is 1. The van der Waals surface area contributed by atoms with Crippen LogP contribution in [0.5, 0.6) is 5.75 Å². The zero-order chi connectivity index (χ0) is 18.1. The number of aromatic hydroxyl groups is 1. The van der Waals surface area contributed by atoms with Gasteiger partial charge < -0.3 is 15.0 Å². The number of hydrogen-bond donors (Lipinski definition) is 2. The monoisotopic (exact) mass is 353 g/mol. The molecule has 6 heteroatoms. The molecule has 1 aliphatic heterocycles. The Morgan fingerprint density at radius 2 is 1.77 bits per heavy atom. The molecular formula is C20H23N3O3. The maximum atomic E-state index is 11.6. The molecule has 26 heavy (non-hydrogen) atoms. The minimum Gasteiger partial charge on any atom is -0.505 e. The van der Waals surface area contributed by atoms with Crippen LogP contribution in [0, 0.1) is 11.8 Å². The summed E-state index contributed by atoms with van der Waals surface area (Å²) in [4.78, 5) is 21.9. The Bertz CT molecular complexity index is 752. The lowest BCUT2D eigenvalue weighted by Gasteiger charge is -2.27. The van der Waals surface area contributed by atoms with Crippen molar-refractivity contribution >= 4 is 6.29 Å². The Morgan fingerprint density at radius 3 is 2.35 bits per heavy atom. The van der Waals surface area contributed by atoms with Crippen molar-refractivity contribution in [1.29, 1.82) is 0 Å². The van der Waals surface area contributed by atoms with Gasteiger partial charge in [-0.25, -0.2) is 9.97 Å². The van der Waals surface area contributed by atoms with Crippen LogP contribution in [-0.4, -0.2) is 50.1 Å². The molecule has 1 saturated carbocycles. The van der Waals surface area contributed by atoms with Crippen molar-refractivity contribution < 1.29 is 15.0 Å². The van der Waals surface area contributed by atoms with E-state index in [1.165, 1.54) is 12.4 Å². The lowest BCUT2D eigenvalue weighted by Crippen LogP contribution is -2.34. The first kappa shape index (κ1) is 17.1. The van der Waals surface area contributed by atoms with Crippen LogP contribution in [0.15, 0.2) is 42.7 Å². The van der Waals surface area contributed by atoms with Crippen LogP contribution < -0.4 is 0 Å². The second-order valence-electron chi connectivity index (χ2n) is 7.65. The van der Waals surface area contributed by atoms with Crippen molar-refractivity contribution in [2.75, 3.05) is 13.1 Å². The maximum absolute atomic E-state index is 11.6. The van der Waals surface area contributed by atoms with Gasteiger partial charge in [0, 0.05) is 19.5 Å². The van der Waals surface area contributed by atoms with E-state index in [1.54, 1.807) is 0 Å². The summed E-state index contributed by atoms with van der Waals surface area (Å²) in [6, 6.07) is 9.61. The van der Waals surface area contributed by atoms with Gasteiger partial charge >= 0.3 is 0 Å². The summed E-state index contributed by atoms with van der Waals surface area (Å²) in [5, 5.41) is 20.4.